The molecule has 1 saturated heterocycles. The highest BCUT2D eigenvalue weighted by molar-refractivity contribution is 5.50. The summed E-state index contributed by atoms with van der Waals surface area (Å²) in [7, 11) is 3.30. The van der Waals surface area contributed by atoms with Crippen LogP contribution in [0.2, 0.25) is 0 Å². The van der Waals surface area contributed by atoms with Crippen LogP contribution in [0.3, 0.4) is 0 Å². The molecule has 7 nitrogen and oxygen atoms in total. The van der Waals surface area contributed by atoms with Gasteiger partial charge in [-0.05, 0) is 6.92 Å². The van der Waals surface area contributed by atoms with E-state index in [1.807, 2.05) is 13.8 Å². The second-order valence-electron chi connectivity index (χ2n) is 5.24. The van der Waals surface area contributed by atoms with E-state index in [2.05, 4.69) is 10.3 Å². The van der Waals surface area contributed by atoms with Crippen LogP contribution in [0.25, 0.3) is 0 Å². The molecule has 116 valence electrons. The van der Waals surface area contributed by atoms with E-state index in [0.29, 0.717) is 5.82 Å². The van der Waals surface area contributed by atoms with Crippen LogP contribution < -0.4 is 11.0 Å². The molecule has 1 aromatic heterocycles. The first-order valence-electron chi connectivity index (χ1n) is 6.92. The molecule has 0 spiro atoms. The van der Waals surface area contributed by atoms with Crippen molar-refractivity contribution >= 4 is 12.1 Å². The van der Waals surface area contributed by atoms with Crippen molar-refractivity contribution in [2.24, 2.45) is 5.92 Å². The van der Waals surface area contributed by atoms with Gasteiger partial charge in [-0.1, -0.05) is 6.92 Å². The molecule has 1 aliphatic heterocycles. The fourth-order valence-corrected chi connectivity index (χ4v) is 2.85. The molecule has 0 aliphatic carbocycles. The fraction of sp³-hybridized carbons (Fsp3) is 0.643. The first-order chi connectivity index (χ1) is 10.0. The first kappa shape index (κ1) is 15.7. The Balaban J connectivity index is 2.36. The number of ether oxygens (including phenoxy) is 2. The smallest absolute Gasteiger partial charge is 0.351 e. The van der Waals surface area contributed by atoms with Crippen LogP contribution in [-0.2, 0) is 14.3 Å². The van der Waals surface area contributed by atoms with Gasteiger partial charge in [-0.15, -0.1) is 0 Å². The Kier molecular flexibility index (Phi) is 4.74. The van der Waals surface area contributed by atoms with Crippen LogP contribution in [0, 0.1) is 12.8 Å². The van der Waals surface area contributed by atoms with Gasteiger partial charge in [0.1, 0.15) is 18.3 Å². The fourth-order valence-electron chi connectivity index (χ4n) is 2.85. The minimum absolute atomic E-state index is 0.0562. The summed E-state index contributed by atoms with van der Waals surface area (Å²) in [5.74, 6) is 0.494. The topological polar surface area (TPSA) is 82.5 Å². The molecule has 7 heteroatoms. The molecule has 4 unspecified atom stereocenters. The molecule has 1 N–H and O–H groups in total. The quantitative estimate of drug-likeness (QED) is 0.806. The van der Waals surface area contributed by atoms with E-state index >= 15 is 0 Å². The SMILES string of the molecule is CNc1nc(=O)n(C2OC(CC=O)C(OC)C2C)cc1C. The number of carbonyl (C=O) groups excluding carboxylic acids is 1. The summed E-state index contributed by atoms with van der Waals surface area (Å²) in [6.07, 6.45) is 1.72. The van der Waals surface area contributed by atoms with Crippen LogP contribution in [0.1, 0.15) is 25.1 Å². The van der Waals surface area contributed by atoms with Gasteiger partial charge in [-0.3, -0.25) is 4.57 Å². The second-order valence-corrected chi connectivity index (χ2v) is 5.24. The summed E-state index contributed by atoms with van der Waals surface area (Å²) < 4.78 is 12.8. The average Bonchev–Trinajstić information content (AvgIpc) is 2.77. The number of rotatable bonds is 5. The summed E-state index contributed by atoms with van der Waals surface area (Å²) in [5.41, 5.74) is 0.462. The molecule has 2 heterocycles. The van der Waals surface area contributed by atoms with Crippen LogP contribution in [0.15, 0.2) is 11.0 Å². The van der Waals surface area contributed by atoms with Crippen LogP contribution in [-0.4, -0.2) is 42.2 Å². The molecule has 4 atom stereocenters. The third-order valence-electron chi connectivity index (χ3n) is 3.89. The lowest BCUT2D eigenvalue weighted by atomic mass is 10.0. The van der Waals surface area contributed by atoms with Gasteiger partial charge in [0.2, 0.25) is 0 Å². The third kappa shape index (κ3) is 2.84. The van der Waals surface area contributed by atoms with E-state index in [4.69, 9.17) is 9.47 Å². The van der Waals surface area contributed by atoms with E-state index in [9.17, 15) is 9.59 Å². The van der Waals surface area contributed by atoms with Crippen molar-refractivity contribution in [1.82, 2.24) is 9.55 Å². The van der Waals surface area contributed by atoms with Crippen molar-refractivity contribution in [1.29, 1.82) is 0 Å². The normalized spacial score (nSPS) is 28.6. The van der Waals surface area contributed by atoms with Gasteiger partial charge in [0.15, 0.2) is 0 Å². The van der Waals surface area contributed by atoms with Crippen molar-refractivity contribution in [2.45, 2.75) is 38.7 Å². The Hall–Kier alpha value is -1.73. The maximum atomic E-state index is 12.2. The Bertz CT molecular complexity index is 572. The van der Waals surface area contributed by atoms with Crippen molar-refractivity contribution < 1.29 is 14.3 Å². The maximum absolute atomic E-state index is 12.2. The predicted molar refractivity (Wildman–Crippen MR) is 77.3 cm³/mol. The largest absolute Gasteiger partial charge is 0.378 e. The molecule has 1 aromatic rings. The molecule has 21 heavy (non-hydrogen) atoms. The Labute approximate surface area is 123 Å². The summed E-state index contributed by atoms with van der Waals surface area (Å²) in [5, 5.41) is 2.88. The third-order valence-corrected chi connectivity index (χ3v) is 3.89. The van der Waals surface area contributed by atoms with Gasteiger partial charge in [-0.2, -0.15) is 4.98 Å². The minimum Gasteiger partial charge on any atom is -0.378 e. The number of aromatic nitrogens is 2. The average molecular weight is 295 g/mol. The molecule has 1 fully saturated rings. The zero-order valence-corrected chi connectivity index (χ0v) is 12.7. The standard InChI is InChI=1S/C14H21N3O4/c1-8-7-17(14(19)16-12(8)15-3)13-9(2)11(20-4)10(21-13)5-6-18/h6-7,9-11,13H,5H2,1-4H3,(H,15,16,19). The van der Waals surface area contributed by atoms with E-state index < -0.39 is 6.23 Å². The van der Waals surface area contributed by atoms with E-state index in [0.717, 1.165) is 11.8 Å². The van der Waals surface area contributed by atoms with Crippen molar-refractivity contribution in [3.8, 4) is 0 Å². The Morgan fingerprint density at radius 3 is 2.86 bits per heavy atom. The highest BCUT2D eigenvalue weighted by atomic mass is 16.6. The molecule has 0 bridgehead atoms. The van der Waals surface area contributed by atoms with E-state index in [1.165, 1.54) is 4.57 Å². The Morgan fingerprint density at radius 2 is 2.29 bits per heavy atom. The van der Waals surface area contributed by atoms with E-state index in [-0.39, 0.29) is 30.2 Å². The molecule has 0 saturated carbocycles. The summed E-state index contributed by atoms with van der Waals surface area (Å²) in [4.78, 5) is 26.9. The number of hydrogen-bond donors (Lipinski definition) is 1. The van der Waals surface area contributed by atoms with Gasteiger partial charge < -0.3 is 19.6 Å². The highest BCUT2D eigenvalue weighted by Crippen LogP contribution is 2.36. The number of aryl methyl sites for hydroxylation is 1. The summed E-state index contributed by atoms with van der Waals surface area (Å²) in [6.45, 7) is 3.81. The van der Waals surface area contributed by atoms with Gasteiger partial charge in [0, 0.05) is 38.3 Å². The van der Waals surface area contributed by atoms with Crippen LogP contribution >= 0.6 is 0 Å². The summed E-state index contributed by atoms with van der Waals surface area (Å²) in [6, 6.07) is 0. The molecule has 1 aliphatic rings. The highest BCUT2D eigenvalue weighted by Gasteiger charge is 2.43. The molecule has 0 radical (unpaired) electrons. The lowest BCUT2D eigenvalue weighted by molar-refractivity contribution is -0.112. The lowest BCUT2D eigenvalue weighted by Gasteiger charge is -2.20. The van der Waals surface area contributed by atoms with Crippen LogP contribution in [0.5, 0.6) is 0 Å². The minimum atomic E-state index is -0.482. The van der Waals surface area contributed by atoms with Crippen LogP contribution in [0.4, 0.5) is 5.82 Å². The maximum Gasteiger partial charge on any atom is 0.351 e. The number of aldehydes is 1. The predicted octanol–water partition coefficient (Wildman–Crippen LogP) is 0.731. The number of nitrogens with zero attached hydrogens (tertiary/aromatic N) is 2. The first-order valence-corrected chi connectivity index (χ1v) is 6.92. The number of hydrogen-bond acceptors (Lipinski definition) is 6. The molecule has 2 rings (SSSR count). The number of carbonyl (C=O) groups is 1. The number of anilines is 1. The molecule has 0 amide bonds. The monoisotopic (exact) mass is 295 g/mol. The zero-order chi connectivity index (χ0) is 15.6. The molecular weight excluding hydrogens is 274 g/mol. The zero-order valence-electron chi connectivity index (χ0n) is 12.7. The summed E-state index contributed by atoms with van der Waals surface area (Å²) >= 11 is 0. The van der Waals surface area contributed by atoms with E-state index in [1.54, 1.807) is 20.4 Å². The van der Waals surface area contributed by atoms with Gasteiger partial charge in [-0.25, -0.2) is 4.79 Å². The van der Waals surface area contributed by atoms with Crippen molar-refractivity contribution in [3.63, 3.8) is 0 Å². The molecular formula is C14H21N3O4. The van der Waals surface area contributed by atoms with Crippen molar-refractivity contribution in [3.05, 3.63) is 22.2 Å². The number of nitrogens with one attached hydrogen (secondary N) is 1. The van der Waals surface area contributed by atoms with Gasteiger partial charge >= 0.3 is 5.69 Å². The molecule has 0 aromatic carbocycles. The number of methoxy groups -OCH3 is 1. The van der Waals surface area contributed by atoms with Crippen molar-refractivity contribution in [2.75, 3.05) is 19.5 Å². The Morgan fingerprint density at radius 1 is 1.57 bits per heavy atom. The lowest BCUT2D eigenvalue weighted by Crippen LogP contribution is -2.32. The second kappa shape index (κ2) is 6.36. The van der Waals surface area contributed by atoms with Gasteiger partial charge in [0.05, 0.1) is 12.2 Å². The van der Waals surface area contributed by atoms with Gasteiger partial charge in [0.25, 0.3) is 0 Å².